The van der Waals surface area contributed by atoms with Crippen molar-refractivity contribution in [2.75, 3.05) is 26.7 Å². The first-order valence-corrected chi connectivity index (χ1v) is 9.70. The van der Waals surface area contributed by atoms with E-state index in [2.05, 4.69) is 23.0 Å². The minimum absolute atomic E-state index is 0.0326. The van der Waals surface area contributed by atoms with Crippen LogP contribution in [0.3, 0.4) is 0 Å². The van der Waals surface area contributed by atoms with Crippen LogP contribution >= 0.6 is 11.6 Å². The maximum atomic E-state index is 13.2. The van der Waals surface area contributed by atoms with Gasteiger partial charge in [0.1, 0.15) is 5.75 Å². The fraction of sp³-hybridized carbons (Fsp3) is 0.381. The van der Waals surface area contributed by atoms with Gasteiger partial charge in [-0.25, -0.2) is 5.43 Å². The summed E-state index contributed by atoms with van der Waals surface area (Å²) in [4.78, 5) is 15.2. The van der Waals surface area contributed by atoms with Crippen molar-refractivity contribution in [3.8, 4) is 5.75 Å². The van der Waals surface area contributed by atoms with Crippen LogP contribution in [0.2, 0.25) is 5.02 Å². The number of nitrogens with zero attached hydrogens (tertiary/aromatic N) is 1. The van der Waals surface area contributed by atoms with Gasteiger partial charge in [-0.05, 0) is 41.8 Å². The number of methoxy groups -OCH3 is 1. The molecule has 0 spiro atoms. The Morgan fingerprint density at radius 3 is 2.52 bits per heavy atom. The lowest BCUT2D eigenvalue weighted by Crippen LogP contribution is -2.37. The fourth-order valence-corrected chi connectivity index (χ4v) is 4.18. The van der Waals surface area contributed by atoms with Gasteiger partial charge < -0.3 is 9.64 Å². The van der Waals surface area contributed by atoms with Crippen molar-refractivity contribution in [2.45, 2.75) is 18.4 Å². The summed E-state index contributed by atoms with van der Waals surface area (Å²) in [6.07, 6.45) is 0.997. The van der Waals surface area contributed by atoms with Crippen molar-refractivity contribution < 1.29 is 9.53 Å². The van der Waals surface area contributed by atoms with Gasteiger partial charge in [0.25, 0.3) is 0 Å². The zero-order valence-electron chi connectivity index (χ0n) is 15.3. The molecule has 2 aromatic rings. The average Bonchev–Trinajstić information content (AvgIpc) is 3.38. The molecule has 3 unspecified atom stereocenters. The molecule has 2 aliphatic heterocycles. The molecule has 27 heavy (non-hydrogen) atoms. The number of carbonyl (C=O) groups excluding carboxylic acids is 1. The Labute approximate surface area is 164 Å². The van der Waals surface area contributed by atoms with E-state index in [4.69, 9.17) is 16.3 Å². The molecule has 0 saturated carbocycles. The molecular weight excluding hydrogens is 362 g/mol. The molecule has 0 aliphatic carbocycles. The molecule has 2 saturated heterocycles. The third kappa shape index (κ3) is 3.81. The van der Waals surface area contributed by atoms with E-state index in [0.717, 1.165) is 30.8 Å². The molecule has 142 valence electrons. The SMILES string of the molecule is COc1ccc(C2CCN(C(=O)C3CNNC3c3ccc(Cl)cc3)C2)cc1. The Balaban J connectivity index is 1.43. The van der Waals surface area contributed by atoms with Crippen LogP contribution in [0, 0.1) is 5.92 Å². The van der Waals surface area contributed by atoms with Gasteiger partial charge in [-0.3, -0.25) is 10.2 Å². The molecule has 5 nitrogen and oxygen atoms in total. The zero-order chi connectivity index (χ0) is 18.8. The van der Waals surface area contributed by atoms with E-state index in [1.54, 1.807) is 7.11 Å². The maximum Gasteiger partial charge on any atom is 0.229 e. The Morgan fingerprint density at radius 1 is 1.11 bits per heavy atom. The summed E-state index contributed by atoms with van der Waals surface area (Å²) < 4.78 is 5.23. The summed E-state index contributed by atoms with van der Waals surface area (Å²) in [6.45, 7) is 2.21. The van der Waals surface area contributed by atoms with Crippen LogP contribution < -0.4 is 15.6 Å². The molecule has 6 heteroatoms. The third-order valence-electron chi connectivity index (χ3n) is 5.62. The van der Waals surface area contributed by atoms with Gasteiger partial charge >= 0.3 is 0 Å². The van der Waals surface area contributed by atoms with Crippen LogP contribution in [-0.4, -0.2) is 37.6 Å². The standard InChI is InChI=1S/C21H24ClN3O2/c1-27-18-8-4-14(5-9-18)16-10-11-25(13-16)21(26)19-12-23-24-20(19)15-2-6-17(22)7-3-15/h2-9,16,19-20,23-24H,10-13H2,1H3. The minimum atomic E-state index is -0.110. The van der Waals surface area contributed by atoms with E-state index in [-0.39, 0.29) is 17.9 Å². The number of hydrazine groups is 1. The van der Waals surface area contributed by atoms with Crippen LogP contribution in [0.15, 0.2) is 48.5 Å². The van der Waals surface area contributed by atoms with Gasteiger partial charge in [0, 0.05) is 30.6 Å². The lowest BCUT2D eigenvalue weighted by molar-refractivity contribution is -0.134. The summed E-state index contributed by atoms with van der Waals surface area (Å²) in [5, 5.41) is 0.703. The molecule has 0 bridgehead atoms. The second kappa shape index (κ2) is 7.89. The zero-order valence-corrected chi connectivity index (χ0v) is 16.1. The molecule has 0 aromatic heterocycles. The first-order valence-electron chi connectivity index (χ1n) is 9.32. The highest BCUT2D eigenvalue weighted by molar-refractivity contribution is 6.30. The maximum absolute atomic E-state index is 13.2. The van der Waals surface area contributed by atoms with E-state index in [1.807, 2.05) is 41.3 Å². The van der Waals surface area contributed by atoms with Gasteiger partial charge in [0.2, 0.25) is 5.91 Å². The normalized spacial score (nSPS) is 25.0. The number of rotatable bonds is 4. The monoisotopic (exact) mass is 385 g/mol. The summed E-state index contributed by atoms with van der Waals surface area (Å²) in [6, 6.07) is 15.9. The van der Waals surface area contributed by atoms with Gasteiger partial charge in [-0.2, -0.15) is 0 Å². The van der Waals surface area contributed by atoms with Crippen molar-refractivity contribution >= 4 is 17.5 Å². The quantitative estimate of drug-likeness (QED) is 0.849. The summed E-state index contributed by atoms with van der Waals surface area (Å²) in [5.74, 6) is 1.35. The predicted octanol–water partition coefficient (Wildman–Crippen LogP) is 3.13. The highest BCUT2D eigenvalue weighted by Gasteiger charge is 2.38. The molecule has 2 aliphatic rings. The fourth-order valence-electron chi connectivity index (χ4n) is 4.06. The van der Waals surface area contributed by atoms with Crippen LogP contribution in [0.4, 0.5) is 0 Å². The van der Waals surface area contributed by atoms with Gasteiger partial charge in [0.05, 0.1) is 19.1 Å². The average molecular weight is 386 g/mol. The summed E-state index contributed by atoms with van der Waals surface area (Å²) in [5.41, 5.74) is 8.74. The predicted molar refractivity (Wildman–Crippen MR) is 106 cm³/mol. The molecule has 0 radical (unpaired) electrons. The molecule has 4 rings (SSSR count). The first-order chi connectivity index (χ1) is 13.2. The smallest absolute Gasteiger partial charge is 0.229 e. The minimum Gasteiger partial charge on any atom is -0.497 e. The Bertz CT molecular complexity index is 794. The summed E-state index contributed by atoms with van der Waals surface area (Å²) >= 11 is 6.00. The van der Waals surface area contributed by atoms with Gasteiger partial charge in [-0.1, -0.05) is 35.9 Å². The Kier molecular flexibility index (Phi) is 5.34. The molecule has 2 aromatic carbocycles. The number of halogens is 1. The molecule has 3 atom stereocenters. The van der Waals surface area contributed by atoms with Crippen molar-refractivity contribution in [1.82, 2.24) is 15.8 Å². The molecule has 2 heterocycles. The van der Waals surface area contributed by atoms with Crippen molar-refractivity contribution in [3.05, 3.63) is 64.7 Å². The number of nitrogens with one attached hydrogen (secondary N) is 2. The van der Waals surface area contributed by atoms with E-state index in [0.29, 0.717) is 17.5 Å². The van der Waals surface area contributed by atoms with Gasteiger partial charge in [-0.15, -0.1) is 0 Å². The highest BCUT2D eigenvalue weighted by atomic mass is 35.5. The van der Waals surface area contributed by atoms with Crippen LogP contribution in [0.1, 0.15) is 29.5 Å². The molecule has 1 amide bonds. The number of likely N-dealkylation sites (tertiary alicyclic amines) is 1. The van der Waals surface area contributed by atoms with E-state index >= 15 is 0 Å². The first kappa shape index (κ1) is 18.3. The van der Waals surface area contributed by atoms with Crippen LogP contribution in [-0.2, 0) is 4.79 Å². The molecular formula is C21H24ClN3O2. The van der Waals surface area contributed by atoms with Crippen LogP contribution in [0.5, 0.6) is 5.75 Å². The number of carbonyl (C=O) groups is 1. The number of benzene rings is 2. The topological polar surface area (TPSA) is 53.6 Å². The second-order valence-electron chi connectivity index (χ2n) is 7.20. The van der Waals surface area contributed by atoms with Crippen LogP contribution in [0.25, 0.3) is 0 Å². The van der Waals surface area contributed by atoms with Crippen molar-refractivity contribution in [2.24, 2.45) is 5.92 Å². The van der Waals surface area contributed by atoms with Crippen molar-refractivity contribution in [3.63, 3.8) is 0 Å². The molecule has 2 N–H and O–H groups in total. The highest BCUT2D eigenvalue weighted by Crippen LogP contribution is 2.32. The van der Waals surface area contributed by atoms with Crippen molar-refractivity contribution in [1.29, 1.82) is 0 Å². The number of hydrogen-bond acceptors (Lipinski definition) is 4. The number of ether oxygens (including phenoxy) is 1. The number of amides is 1. The third-order valence-corrected chi connectivity index (χ3v) is 5.87. The van der Waals surface area contributed by atoms with E-state index in [1.165, 1.54) is 5.56 Å². The van der Waals surface area contributed by atoms with E-state index in [9.17, 15) is 4.79 Å². The largest absolute Gasteiger partial charge is 0.497 e. The summed E-state index contributed by atoms with van der Waals surface area (Å²) in [7, 11) is 1.67. The number of hydrogen-bond donors (Lipinski definition) is 2. The lowest BCUT2D eigenvalue weighted by Gasteiger charge is -2.24. The Hall–Kier alpha value is -2.08. The van der Waals surface area contributed by atoms with E-state index < -0.39 is 0 Å². The second-order valence-corrected chi connectivity index (χ2v) is 7.64. The van der Waals surface area contributed by atoms with Gasteiger partial charge in [0.15, 0.2) is 0 Å². The lowest BCUT2D eigenvalue weighted by atomic mass is 9.93. The Morgan fingerprint density at radius 2 is 1.81 bits per heavy atom. The molecule has 2 fully saturated rings.